The van der Waals surface area contributed by atoms with Crippen LogP contribution in [0, 0.1) is 0 Å². The summed E-state index contributed by atoms with van der Waals surface area (Å²) in [5.74, 6) is -0.0595. The van der Waals surface area contributed by atoms with Crippen LogP contribution >= 0.6 is 11.8 Å². The van der Waals surface area contributed by atoms with Crippen molar-refractivity contribution in [1.82, 2.24) is 5.32 Å². The van der Waals surface area contributed by atoms with Crippen LogP contribution in [0.3, 0.4) is 0 Å². The van der Waals surface area contributed by atoms with E-state index in [1.807, 2.05) is 48.5 Å². The molecule has 4 nitrogen and oxygen atoms in total. The van der Waals surface area contributed by atoms with Gasteiger partial charge in [0.1, 0.15) is 0 Å². The number of anilines is 3. The van der Waals surface area contributed by atoms with E-state index in [1.54, 1.807) is 17.8 Å². The second kappa shape index (κ2) is 7.76. The van der Waals surface area contributed by atoms with Crippen molar-refractivity contribution >= 4 is 34.7 Å². The van der Waals surface area contributed by atoms with Gasteiger partial charge in [0.25, 0.3) is 5.91 Å². The Bertz CT molecular complexity index is 955. The fourth-order valence-corrected chi connectivity index (χ4v) is 3.66. The average Bonchev–Trinajstić information content (AvgIpc) is 3.49. The first-order valence-corrected chi connectivity index (χ1v) is 9.80. The van der Waals surface area contributed by atoms with Crippen molar-refractivity contribution < 1.29 is 4.79 Å². The predicted molar refractivity (Wildman–Crippen MR) is 112 cm³/mol. The summed E-state index contributed by atoms with van der Waals surface area (Å²) in [5.41, 5.74) is 9.13. The lowest BCUT2D eigenvalue weighted by atomic mass is 10.1. The molecule has 0 bridgehead atoms. The Kier molecular flexibility index (Phi) is 5.03. The lowest BCUT2D eigenvalue weighted by Crippen LogP contribution is -2.25. The second-order valence-electron chi connectivity index (χ2n) is 6.59. The van der Waals surface area contributed by atoms with Crippen molar-refractivity contribution in [3.8, 4) is 0 Å². The third-order valence-corrected chi connectivity index (χ3v) is 5.44. The van der Waals surface area contributed by atoms with Crippen LogP contribution in [0.1, 0.15) is 23.2 Å². The monoisotopic (exact) mass is 375 g/mol. The molecule has 1 amide bonds. The summed E-state index contributed by atoms with van der Waals surface area (Å²) in [6, 6.07) is 24.1. The van der Waals surface area contributed by atoms with E-state index in [-0.39, 0.29) is 5.91 Å². The second-order valence-corrected chi connectivity index (χ2v) is 7.70. The van der Waals surface area contributed by atoms with Gasteiger partial charge in [-0.05, 0) is 55.3 Å². The molecule has 0 saturated heterocycles. The fraction of sp³-hybridized carbons (Fsp3) is 0.136. The zero-order chi connectivity index (χ0) is 18.6. The van der Waals surface area contributed by atoms with Gasteiger partial charge in [0.2, 0.25) is 0 Å². The summed E-state index contributed by atoms with van der Waals surface area (Å²) in [5, 5.41) is 6.39. The Morgan fingerprint density at radius 2 is 1.67 bits per heavy atom. The number of hydrogen-bond acceptors (Lipinski definition) is 4. The van der Waals surface area contributed by atoms with E-state index < -0.39 is 0 Å². The molecule has 27 heavy (non-hydrogen) atoms. The highest BCUT2D eigenvalue weighted by molar-refractivity contribution is 7.99. The van der Waals surface area contributed by atoms with Crippen molar-refractivity contribution in [1.29, 1.82) is 0 Å². The van der Waals surface area contributed by atoms with Crippen LogP contribution in [0.25, 0.3) is 0 Å². The molecule has 1 saturated carbocycles. The standard InChI is InChI=1S/C22H21N3OS/c23-18-14-15(22(26)24-16-11-12-16)10-13-19(18)25-20-8-4-5-9-21(20)27-17-6-2-1-3-7-17/h1-10,13-14,16,25H,11-12,23H2,(H,24,26). The lowest BCUT2D eigenvalue weighted by molar-refractivity contribution is 0.0951. The molecule has 5 heteroatoms. The maximum atomic E-state index is 12.2. The molecule has 0 radical (unpaired) electrons. The van der Waals surface area contributed by atoms with Gasteiger partial charge in [-0.15, -0.1) is 0 Å². The molecule has 4 rings (SSSR count). The minimum atomic E-state index is -0.0595. The van der Waals surface area contributed by atoms with E-state index >= 15 is 0 Å². The Hall–Kier alpha value is -2.92. The average molecular weight is 375 g/mol. The van der Waals surface area contributed by atoms with Gasteiger partial charge in [0.05, 0.1) is 17.1 Å². The van der Waals surface area contributed by atoms with Crippen LogP contribution in [0.5, 0.6) is 0 Å². The van der Waals surface area contributed by atoms with Gasteiger partial charge in [-0.3, -0.25) is 4.79 Å². The summed E-state index contributed by atoms with van der Waals surface area (Å²) < 4.78 is 0. The van der Waals surface area contributed by atoms with Gasteiger partial charge < -0.3 is 16.4 Å². The highest BCUT2D eigenvalue weighted by Crippen LogP contribution is 2.35. The van der Waals surface area contributed by atoms with E-state index in [2.05, 4.69) is 28.8 Å². The fourth-order valence-electron chi connectivity index (χ4n) is 2.73. The molecular formula is C22H21N3OS. The molecule has 1 aliphatic carbocycles. The number of benzene rings is 3. The maximum absolute atomic E-state index is 12.2. The molecule has 1 fully saturated rings. The number of rotatable bonds is 6. The third-order valence-electron chi connectivity index (χ3n) is 4.35. The molecule has 3 aromatic rings. The largest absolute Gasteiger partial charge is 0.397 e. The number of nitrogens with one attached hydrogen (secondary N) is 2. The highest BCUT2D eigenvalue weighted by Gasteiger charge is 2.24. The minimum Gasteiger partial charge on any atom is -0.397 e. The molecule has 1 aliphatic rings. The van der Waals surface area contributed by atoms with Crippen LogP contribution in [-0.2, 0) is 0 Å². The Morgan fingerprint density at radius 3 is 2.41 bits per heavy atom. The number of amides is 1. The van der Waals surface area contributed by atoms with Crippen molar-refractivity contribution in [2.45, 2.75) is 28.7 Å². The number of nitrogen functional groups attached to an aromatic ring is 1. The Labute approximate surface area is 163 Å². The normalized spacial score (nSPS) is 13.2. The van der Waals surface area contributed by atoms with E-state index in [0.717, 1.165) is 29.1 Å². The molecule has 4 N–H and O–H groups in total. The zero-order valence-corrected chi connectivity index (χ0v) is 15.6. The molecule has 3 aromatic carbocycles. The number of hydrogen-bond donors (Lipinski definition) is 3. The van der Waals surface area contributed by atoms with Crippen LogP contribution in [0.15, 0.2) is 82.6 Å². The van der Waals surface area contributed by atoms with E-state index in [1.165, 1.54) is 4.90 Å². The molecule has 0 atom stereocenters. The number of carbonyl (C=O) groups excluding carboxylic acids is 1. The molecule has 0 aromatic heterocycles. The Balaban J connectivity index is 1.53. The SMILES string of the molecule is Nc1cc(C(=O)NC2CC2)ccc1Nc1ccccc1Sc1ccccc1. The van der Waals surface area contributed by atoms with Crippen LogP contribution in [0.2, 0.25) is 0 Å². The van der Waals surface area contributed by atoms with Crippen molar-refractivity contribution in [2.24, 2.45) is 0 Å². The van der Waals surface area contributed by atoms with E-state index in [4.69, 9.17) is 5.73 Å². The molecular weight excluding hydrogens is 354 g/mol. The van der Waals surface area contributed by atoms with E-state index in [0.29, 0.717) is 17.3 Å². The van der Waals surface area contributed by atoms with Gasteiger partial charge in [-0.2, -0.15) is 0 Å². The predicted octanol–water partition coefficient (Wildman–Crippen LogP) is 5.06. The summed E-state index contributed by atoms with van der Waals surface area (Å²) >= 11 is 1.69. The molecule has 0 aliphatic heterocycles. The summed E-state index contributed by atoms with van der Waals surface area (Å²) in [6.45, 7) is 0. The van der Waals surface area contributed by atoms with Gasteiger partial charge >= 0.3 is 0 Å². The van der Waals surface area contributed by atoms with Gasteiger partial charge in [-0.1, -0.05) is 42.1 Å². The van der Waals surface area contributed by atoms with E-state index in [9.17, 15) is 4.79 Å². The third kappa shape index (κ3) is 4.44. The van der Waals surface area contributed by atoms with Crippen LogP contribution in [0.4, 0.5) is 17.1 Å². The molecule has 136 valence electrons. The zero-order valence-electron chi connectivity index (χ0n) is 14.8. The van der Waals surface area contributed by atoms with Crippen molar-refractivity contribution in [3.05, 3.63) is 78.4 Å². The summed E-state index contributed by atoms with van der Waals surface area (Å²) in [6.07, 6.45) is 2.13. The number of para-hydroxylation sites is 1. The quantitative estimate of drug-likeness (QED) is 0.527. The number of carbonyl (C=O) groups is 1. The first kappa shape index (κ1) is 17.5. The summed E-state index contributed by atoms with van der Waals surface area (Å²) in [7, 11) is 0. The van der Waals surface area contributed by atoms with Crippen molar-refractivity contribution in [2.75, 3.05) is 11.1 Å². The van der Waals surface area contributed by atoms with Crippen molar-refractivity contribution in [3.63, 3.8) is 0 Å². The van der Waals surface area contributed by atoms with Crippen LogP contribution in [-0.4, -0.2) is 11.9 Å². The number of nitrogens with two attached hydrogens (primary N) is 1. The molecule has 0 unspecified atom stereocenters. The topological polar surface area (TPSA) is 67.2 Å². The first-order valence-electron chi connectivity index (χ1n) is 8.98. The van der Waals surface area contributed by atoms with Gasteiger partial charge in [0, 0.05) is 21.4 Å². The summed E-state index contributed by atoms with van der Waals surface area (Å²) in [4.78, 5) is 14.5. The molecule has 0 heterocycles. The molecule has 0 spiro atoms. The van der Waals surface area contributed by atoms with Crippen LogP contribution < -0.4 is 16.4 Å². The first-order chi connectivity index (χ1) is 13.2. The minimum absolute atomic E-state index is 0.0595. The highest BCUT2D eigenvalue weighted by atomic mass is 32.2. The van der Waals surface area contributed by atoms with Gasteiger partial charge in [-0.25, -0.2) is 0 Å². The lowest BCUT2D eigenvalue weighted by Gasteiger charge is -2.14. The van der Waals surface area contributed by atoms with Gasteiger partial charge in [0.15, 0.2) is 0 Å². The Morgan fingerprint density at radius 1 is 0.926 bits per heavy atom. The smallest absolute Gasteiger partial charge is 0.251 e. The maximum Gasteiger partial charge on any atom is 0.251 e.